The normalized spacial score (nSPS) is 13.9. The van der Waals surface area contributed by atoms with E-state index in [1.807, 2.05) is 0 Å². The number of carbonyl (C=O) groups is 2. The third-order valence-electron chi connectivity index (χ3n) is 4.31. The highest BCUT2D eigenvalue weighted by molar-refractivity contribution is 5.96. The molecule has 0 bridgehead atoms. The van der Waals surface area contributed by atoms with Crippen LogP contribution in [-0.2, 0) is 11.2 Å². The van der Waals surface area contributed by atoms with Gasteiger partial charge in [-0.25, -0.2) is 4.79 Å². The summed E-state index contributed by atoms with van der Waals surface area (Å²) in [5.41, 5.74) is 0.258. The average molecular weight is 437 g/mol. The Morgan fingerprint density at radius 1 is 0.968 bits per heavy atom. The Bertz CT molecular complexity index is 879. The molecule has 0 aliphatic heterocycles. The lowest BCUT2D eigenvalue weighted by molar-refractivity contribution is -0.161. The van der Waals surface area contributed by atoms with Crippen LogP contribution in [0.5, 0.6) is 0 Å². The molecular formula is C22H26F3N3O3. The molecule has 0 spiro atoms. The van der Waals surface area contributed by atoms with Gasteiger partial charge in [-0.3, -0.25) is 10.1 Å². The Kier molecular flexibility index (Phi) is 7.67. The van der Waals surface area contributed by atoms with Gasteiger partial charge >= 0.3 is 12.3 Å². The molecule has 4 N–H and O–H groups in total. The van der Waals surface area contributed by atoms with Gasteiger partial charge in [-0.1, -0.05) is 42.5 Å². The number of alkyl halides is 3. The first-order chi connectivity index (χ1) is 14.3. The van der Waals surface area contributed by atoms with Crippen LogP contribution in [0.15, 0.2) is 54.6 Å². The molecule has 1 unspecified atom stereocenters. The molecule has 0 aromatic heterocycles. The maximum Gasteiger partial charge on any atom is 0.407 e. The Balaban J connectivity index is 2.15. The first-order valence-corrected chi connectivity index (χ1v) is 9.64. The van der Waals surface area contributed by atoms with Gasteiger partial charge in [0, 0.05) is 17.6 Å². The second kappa shape index (κ2) is 9.82. The number of hydrogen-bond donors (Lipinski definition) is 4. The van der Waals surface area contributed by atoms with Crippen molar-refractivity contribution in [3.63, 3.8) is 0 Å². The first-order valence-electron chi connectivity index (χ1n) is 9.64. The molecule has 6 nitrogen and oxygen atoms in total. The molecule has 168 valence electrons. The van der Waals surface area contributed by atoms with Crippen molar-refractivity contribution in [3.8, 4) is 0 Å². The highest BCUT2D eigenvalue weighted by Gasteiger charge is 2.42. The number of benzene rings is 2. The van der Waals surface area contributed by atoms with Crippen molar-refractivity contribution >= 4 is 17.7 Å². The molecule has 0 saturated carbocycles. The van der Waals surface area contributed by atoms with Gasteiger partial charge < -0.3 is 15.7 Å². The molecule has 2 aromatic carbocycles. The molecular weight excluding hydrogens is 411 g/mol. The van der Waals surface area contributed by atoms with E-state index in [0.717, 1.165) is 5.56 Å². The van der Waals surface area contributed by atoms with Gasteiger partial charge in [-0.15, -0.1) is 0 Å². The Hall–Kier alpha value is -3.07. The molecule has 2 aromatic rings. The SMILES string of the molecule is CC(C)(C)NC(c1ccc(NC(=O)[C@H](Cc2ccccc2)NC(=O)O)cc1)C(F)(F)F. The zero-order valence-corrected chi connectivity index (χ0v) is 17.5. The summed E-state index contributed by atoms with van der Waals surface area (Å²) < 4.78 is 40.5. The van der Waals surface area contributed by atoms with E-state index in [0.29, 0.717) is 0 Å². The summed E-state index contributed by atoms with van der Waals surface area (Å²) in [6, 6.07) is 11.2. The third-order valence-corrected chi connectivity index (χ3v) is 4.31. The fourth-order valence-electron chi connectivity index (χ4n) is 2.98. The first kappa shape index (κ1) is 24.2. The molecule has 0 aliphatic rings. The minimum absolute atomic E-state index is 0.00456. The molecule has 0 heterocycles. The fourth-order valence-corrected chi connectivity index (χ4v) is 2.98. The molecule has 0 radical (unpaired) electrons. The number of rotatable bonds is 7. The van der Waals surface area contributed by atoms with Crippen LogP contribution >= 0.6 is 0 Å². The number of anilines is 1. The monoisotopic (exact) mass is 437 g/mol. The largest absolute Gasteiger partial charge is 0.465 e. The molecule has 2 amide bonds. The lowest BCUT2D eigenvalue weighted by Crippen LogP contribution is -2.45. The number of hydrogen-bond acceptors (Lipinski definition) is 3. The van der Waals surface area contributed by atoms with Crippen molar-refractivity contribution in [1.82, 2.24) is 10.6 Å². The lowest BCUT2D eigenvalue weighted by Gasteiger charge is -2.30. The summed E-state index contributed by atoms with van der Waals surface area (Å²) in [6.45, 7) is 4.92. The van der Waals surface area contributed by atoms with Gasteiger partial charge in [0.2, 0.25) is 5.91 Å². The highest BCUT2D eigenvalue weighted by atomic mass is 19.4. The van der Waals surface area contributed by atoms with E-state index in [-0.39, 0.29) is 17.7 Å². The summed E-state index contributed by atoms with van der Waals surface area (Å²) in [5.74, 6) is -0.612. The van der Waals surface area contributed by atoms with Crippen molar-refractivity contribution in [2.45, 2.75) is 51.0 Å². The fraction of sp³-hybridized carbons (Fsp3) is 0.364. The van der Waals surface area contributed by atoms with Crippen LogP contribution in [0, 0.1) is 0 Å². The number of carbonyl (C=O) groups excluding carboxylic acids is 1. The van der Waals surface area contributed by atoms with Crippen molar-refractivity contribution in [3.05, 3.63) is 65.7 Å². The minimum Gasteiger partial charge on any atom is -0.465 e. The van der Waals surface area contributed by atoms with Crippen molar-refractivity contribution < 1.29 is 27.9 Å². The van der Waals surface area contributed by atoms with Gasteiger partial charge in [0.05, 0.1) is 0 Å². The van der Waals surface area contributed by atoms with E-state index >= 15 is 0 Å². The van der Waals surface area contributed by atoms with Crippen LogP contribution in [0.25, 0.3) is 0 Å². The number of nitrogens with one attached hydrogen (secondary N) is 3. The van der Waals surface area contributed by atoms with Crippen molar-refractivity contribution in [2.24, 2.45) is 0 Å². The van der Waals surface area contributed by atoms with E-state index in [9.17, 15) is 22.8 Å². The van der Waals surface area contributed by atoms with Crippen LogP contribution in [0.3, 0.4) is 0 Å². The van der Waals surface area contributed by atoms with Crippen LogP contribution in [-0.4, -0.2) is 34.9 Å². The Labute approximate surface area is 178 Å². The van der Waals surface area contributed by atoms with E-state index in [2.05, 4.69) is 16.0 Å². The van der Waals surface area contributed by atoms with E-state index in [4.69, 9.17) is 5.11 Å². The van der Waals surface area contributed by atoms with E-state index < -0.39 is 35.8 Å². The number of halogens is 3. The van der Waals surface area contributed by atoms with E-state index in [1.54, 1.807) is 51.1 Å². The summed E-state index contributed by atoms with van der Waals surface area (Å²) >= 11 is 0. The minimum atomic E-state index is -4.50. The molecule has 2 rings (SSSR count). The van der Waals surface area contributed by atoms with Gasteiger partial charge in [0.15, 0.2) is 0 Å². The average Bonchev–Trinajstić information content (AvgIpc) is 2.65. The van der Waals surface area contributed by atoms with Crippen LogP contribution in [0.2, 0.25) is 0 Å². The zero-order valence-electron chi connectivity index (χ0n) is 17.5. The quantitative estimate of drug-likeness (QED) is 0.514. The maximum atomic E-state index is 13.5. The van der Waals surface area contributed by atoms with Gasteiger partial charge in [-0.05, 0) is 44.0 Å². The van der Waals surface area contributed by atoms with Crippen molar-refractivity contribution in [1.29, 1.82) is 0 Å². The summed E-state index contributed by atoms with van der Waals surface area (Å²) in [4.78, 5) is 23.7. The number of carboxylic acid groups (broad SMARTS) is 1. The van der Waals surface area contributed by atoms with Gasteiger partial charge in [-0.2, -0.15) is 13.2 Å². The highest BCUT2D eigenvalue weighted by Crippen LogP contribution is 2.34. The van der Waals surface area contributed by atoms with Crippen LogP contribution in [0.1, 0.15) is 37.9 Å². The molecule has 0 fully saturated rings. The summed E-state index contributed by atoms with van der Waals surface area (Å²) in [6.07, 6.45) is -5.72. The second-order valence-corrected chi connectivity index (χ2v) is 8.17. The molecule has 0 saturated heterocycles. The lowest BCUT2D eigenvalue weighted by atomic mass is 10.0. The predicted molar refractivity (Wildman–Crippen MR) is 112 cm³/mol. The smallest absolute Gasteiger partial charge is 0.407 e. The van der Waals surface area contributed by atoms with E-state index in [1.165, 1.54) is 24.3 Å². The molecule has 2 atom stereocenters. The van der Waals surface area contributed by atoms with Crippen LogP contribution in [0.4, 0.5) is 23.7 Å². The summed E-state index contributed by atoms with van der Waals surface area (Å²) in [5, 5.41) is 16.3. The second-order valence-electron chi connectivity index (χ2n) is 8.17. The maximum absolute atomic E-state index is 13.5. The topological polar surface area (TPSA) is 90.5 Å². The standard InChI is InChI=1S/C22H26F3N3O3/c1-21(2,3)28-18(22(23,24)25)15-9-11-16(12-10-15)26-19(29)17(27-20(30)31)13-14-7-5-4-6-8-14/h4-12,17-18,27-28H,13H2,1-3H3,(H,26,29)(H,30,31)/t17-,18?/m0/s1. The van der Waals surface area contributed by atoms with Crippen molar-refractivity contribution in [2.75, 3.05) is 5.32 Å². The Morgan fingerprint density at radius 3 is 2.03 bits per heavy atom. The number of amides is 2. The molecule has 0 aliphatic carbocycles. The Morgan fingerprint density at radius 2 is 1.55 bits per heavy atom. The summed E-state index contributed by atoms with van der Waals surface area (Å²) in [7, 11) is 0. The van der Waals surface area contributed by atoms with Crippen LogP contribution < -0.4 is 16.0 Å². The van der Waals surface area contributed by atoms with Gasteiger partial charge in [0.1, 0.15) is 12.1 Å². The van der Waals surface area contributed by atoms with Gasteiger partial charge in [0.25, 0.3) is 0 Å². The molecule has 9 heteroatoms. The predicted octanol–water partition coefficient (Wildman–Crippen LogP) is 4.50. The molecule has 31 heavy (non-hydrogen) atoms. The zero-order chi connectivity index (χ0) is 23.2. The third kappa shape index (κ3) is 7.93.